The van der Waals surface area contributed by atoms with Crippen LogP contribution < -0.4 is 5.32 Å². The van der Waals surface area contributed by atoms with Gasteiger partial charge in [0.1, 0.15) is 0 Å². The van der Waals surface area contributed by atoms with Crippen molar-refractivity contribution >= 4 is 17.4 Å². The zero-order valence-electron chi connectivity index (χ0n) is 10.7. The van der Waals surface area contributed by atoms with E-state index in [1.807, 2.05) is 0 Å². The smallest absolute Gasteiger partial charge is 0.256 e. The highest BCUT2D eigenvalue weighted by Gasteiger charge is 2.09. The molecule has 0 aromatic rings. The van der Waals surface area contributed by atoms with Crippen molar-refractivity contribution in [2.75, 3.05) is 46.0 Å². The Morgan fingerprint density at radius 1 is 1.35 bits per heavy atom. The Hall–Kier alpha value is -0.390. The molecule has 0 spiro atoms. The van der Waals surface area contributed by atoms with Crippen LogP contribution in [0.15, 0.2) is 0 Å². The lowest BCUT2D eigenvalue weighted by Gasteiger charge is -2.26. The Labute approximate surface area is 110 Å². The third-order valence-corrected chi connectivity index (χ3v) is 3.04. The van der Waals surface area contributed by atoms with Gasteiger partial charge in [-0.15, -0.1) is 0 Å². The molecule has 1 aliphatic rings. The van der Waals surface area contributed by atoms with Crippen molar-refractivity contribution in [1.29, 1.82) is 0 Å². The van der Waals surface area contributed by atoms with Crippen molar-refractivity contribution in [3.8, 4) is 0 Å². The van der Waals surface area contributed by atoms with Crippen LogP contribution in [0, 0.1) is 0 Å². The number of rotatable bonds is 7. The van der Waals surface area contributed by atoms with E-state index >= 15 is 0 Å². The summed E-state index contributed by atoms with van der Waals surface area (Å²) in [7, 11) is 0. The molecular formula is C12H24N2O2S. The lowest BCUT2D eigenvalue weighted by Crippen LogP contribution is -2.41. The number of nitrogens with one attached hydrogen (secondary N) is 1. The Kier molecular flexibility index (Phi) is 8.30. The van der Waals surface area contributed by atoms with Gasteiger partial charge in [-0.1, -0.05) is 19.8 Å². The van der Waals surface area contributed by atoms with Gasteiger partial charge >= 0.3 is 0 Å². The molecule has 0 aromatic carbocycles. The van der Waals surface area contributed by atoms with Gasteiger partial charge in [0.05, 0.1) is 19.8 Å². The molecule has 1 N–H and O–H groups in total. The predicted molar refractivity (Wildman–Crippen MR) is 73.3 cm³/mol. The van der Waals surface area contributed by atoms with Gasteiger partial charge in [-0.05, 0) is 18.6 Å². The molecule has 1 aliphatic heterocycles. The van der Waals surface area contributed by atoms with E-state index < -0.39 is 0 Å². The molecule has 0 bridgehead atoms. The van der Waals surface area contributed by atoms with E-state index in [1.165, 1.54) is 12.8 Å². The average molecular weight is 260 g/mol. The molecule has 1 fully saturated rings. The fraction of sp³-hybridized carbons (Fsp3) is 0.917. The molecule has 100 valence electrons. The van der Waals surface area contributed by atoms with Gasteiger partial charge in [-0.2, -0.15) is 0 Å². The van der Waals surface area contributed by atoms with Crippen LogP contribution in [0.2, 0.25) is 0 Å². The summed E-state index contributed by atoms with van der Waals surface area (Å²) in [5, 5.41) is 3.67. The van der Waals surface area contributed by atoms with Crippen LogP contribution in [-0.4, -0.2) is 56.1 Å². The zero-order chi connectivity index (χ0) is 12.3. The first kappa shape index (κ1) is 14.7. The molecule has 5 heteroatoms. The van der Waals surface area contributed by atoms with Crippen molar-refractivity contribution in [3.05, 3.63) is 0 Å². The largest absolute Gasteiger partial charge is 0.471 e. The van der Waals surface area contributed by atoms with Crippen molar-refractivity contribution in [2.45, 2.75) is 26.2 Å². The van der Waals surface area contributed by atoms with Crippen LogP contribution in [0.1, 0.15) is 26.2 Å². The molecule has 0 atom stereocenters. The van der Waals surface area contributed by atoms with Gasteiger partial charge in [-0.25, -0.2) is 0 Å². The summed E-state index contributed by atoms with van der Waals surface area (Å²) < 4.78 is 10.7. The normalized spacial score (nSPS) is 16.8. The summed E-state index contributed by atoms with van der Waals surface area (Å²) in [6, 6.07) is 0. The molecule has 4 nitrogen and oxygen atoms in total. The van der Waals surface area contributed by atoms with Crippen LogP contribution in [0.5, 0.6) is 0 Å². The fourth-order valence-corrected chi connectivity index (χ4v) is 1.89. The summed E-state index contributed by atoms with van der Waals surface area (Å²) in [5.74, 6) is 0. The second-order valence-electron chi connectivity index (χ2n) is 4.22. The monoisotopic (exact) mass is 260 g/mol. The second kappa shape index (κ2) is 9.62. The maximum atomic E-state index is 5.41. The van der Waals surface area contributed by atoms with Crippen molar-refractivity contribution in [3.63, 3.8) is 0 Å². The molecule has 1 rings (SSSR count). The van der Waals surface area contributed by atoms with Crippen molar-refractivity contribution in [2.24, 2.45) is 0 Å². The topological polar surface area (TPSA) is 33.7 Å². The average Bonchev–Trinajstić information content (AvgIpc) is 2.36. The van der Waals surface area contributed by atoms with E-state index in [4.69, 9.17) is 21.7 Å². The van der Waals surface area contributed by atoms with Gasteiger partial charge in [0, 0.05) is 26.2 Å². The summed E-state index contributed by atoms with van der Waals surface area (Å²) in [5.41, 5.74) is 0. The van der Waals surface area contributed by atoms with Gasteiger partial charge in [0.25, 0.3) is 5.17 Å². The van der Waals surface area contributed by atoms with E-state index in [2.05, 4.69) is 17.1 Å². The van der Waals surface area contributed by atoms with E-state index in [1.54, 1.807) is 0 Å². The SMILES string of the molecule is CCCCCOC(=S)NCCN1CCOCC1. The number of hydrogen-bond donors (Lipinski definition) is 1. The van der Waals surface area contributed by atoms with Crippen molar-refractivity contribution in [1.82, 2.24) is 10.2 Å². The third-order valence-electron chi connectivity index (χ3n) is 2.78. The van der Waals surface area contributed by atoms with Gasteiger partial charge < -0.3 is 14.8 Å². The molecule has 1 heterocycles. The van der Waals surface area contributed by atoms with E-state index in [-0.39, 0.29) is 0 Å². The fourth-order valence-electron chi connectivity index (χ4n) is 1.71. The first-order chi connectivity index (χ1) is 8.33. The van der Waals surface area contributed by atoms with Crippen LogP contribution >= 0.6 is 12.2 Å². The first-order valence-electron chi connectivity index (χ1n) is 6.53. The van der Waals surface area contributed by atoms with Crippen LogP contribution in [0.4, 0.5) is 0 Å². The zero-order valence-corrected chi connectivity index (χ0v) is 11.6. The Balaban J connectivity index is 1.92. The summed E-state index contributed by atoms with van der Waals surface area (Å²) in [6.45, 7) is 8.50. The minimum Gasteiger partial charge on any atom is -0.471 e. The maximum Gasteiger partial charge on any atom is 0.256 e. The van der Waals surface area contributed by atoms with Crippen molar-refractivity contribution < 1.29 is 9.47 Å². The number of morpholine rings is 1. The Morgan fingerprint density at radius 3 is 2.82 bits per heavy atom. The quantitative estimate of drug-likeness (QED) is 0.553. The minimum absolute atomic E-state index is 0.536. The lowest BCUT2D eigenvalue weighted by molar-refractivity contribution is 0.0388. The van der Waals surface area contributed by atoms with Gasteiger partial charge in [-0.3, -0.25) is 4.90 Å². The first-order valence-corrected chi connectivity index (χ1v) is 6.94. The second-order valence-corrected chi connectivity index (χ2v) is 4.59. The van der Waals surface area contributed by atoms with Gasteiger partial charge in [0.15, 0.2) is 0 Å². The molecule has 0 aliphatic carbocycles. The molecule has 0 amide bonds. The lowest BCUT2D eigenvalue weighted by atomic mass is 10.3. The summed E-state index contributed by atoms with van der Waals surface area (Å²) in [4.78, 5) is 2.37. The molecular weight excluding hydrogens is 236 g/mol. The maximum absolute atomic E-state index is 5.41. The summed E-state index contributed by atoms with van der Waals surface area (Å²) >= 11 is 5.09. The number of nitrogens with zero attached hydrogens (tertiary/aromatic N) is 1. The summed E-state index contributed by atoms with van der Waals surface area (Å²) in [6.07, 6.45) is 3.50. The number of thiocarbonyl (C=S) groups is 1. The van der Waals surface area contributed by atoms with Crippen LogP contribution in [-0.2, 0) is 9.47 Å². The number of ether oxygens (including phenoxy) is 2. The van der Waals surface area contributed by atoms with E-state index in [9.17, 15) is 0 Å². The molecule has 0 saturated carbocycles. The highest BCUT2D eigenvalue weighted by molar-refractivity contribution is 7.80. The van der Waals surface area contributed by atoms with E-state index in [0.29, 0.717) is 5.17 Å². The van der Waals surface area contributed by atoms with Gasteiger partial charge in [0.2, 0.25) is 0 Å². The number of unbranched alkanes of at least 4 members (excludes halogenated alkanes) is 2. The molecule has 1 saturated heterocycles. The Morgan fingerprint density at radius 2 is 2.12 bits per heavy atom. The third kappa shape index (κ3) is 7.52. The van der Waals surface area contributed by atoms with Crippen LogP contribution in [0.25, 0.3) is 0 Å². The minimum atomic E-state index is 0.536. The Bertz CT molecular complexity index is 209. The predicted octanol–water partition coefficient (Wildman–Crippen LogP) is 1.40. The van der Waals surface area contributed by atoms with E-state index in [0.717, 1.165) is 52.4 Å². The standard InChI is InChI=1S/C12H24N2O2S/c1-2-3-4-9-16-12(17)13-5-6-14-7-10-15-11-8-14/h2-11H2,1H3,(H,13,17). The van der Waals surface area contributed by atoms with Crippen LogP contribution in [0.3, 0.4) is 0 Å². The highest BCUT2D eigenvalue weighted by Crippen LogP contribution is 1.96. The molecule has 0 aromatic heterocycles. The number of hydrogen-bond acceptors (Lipinski definition) is 4. The molecule has 0 radical (unpaired) electrons. The molecule has 0 unspecified atom stereocenters. The molecule has 17 heavy (non-hydrogen) atoms. The highest BCUT2D eigenvalue weighted by atomic mass is 32.1.